The van der Waals surface area contributed by atoms with Crippen LogP contribution in [0.15, 0.2) is 59.5 Å². The Hall–Kier alpha value is -2.42. The van der Waals surface area contributed by atoms with Gasteiger partial charge in [0.15, 0.2) is 6.61 Å². The average molecular weight is 411 g/mol. The molecule has 0 atom stereocenters. The Labute approximate surface area is 162 Å². The molecule has 0 aliphatic carbocycles. The second kappa shape index (κ2) is 10.1. The Bertz CT molecular complexity index is 870. The van der Waals surface area contributed by atoms with Crippen molar-refractivity contribution in [3.63, 3.8) is 0 Å². The van der Waals surface area contributed by atoms with Crippen LogP contribution in [0.4, 0.5) is 0 Å². The summed E-state index contributed by atoms with van der Waals surface area (Å²) in [4.78, 5) is 23.3. The van der Waals surface area contributed by atoms with Gasteiger partial charge in [0.2, 0.25) is 10.0 Å². The summed E-state index contributed by atoms with van der Waals surface area (Å²) in [6.45, 7) is -0.233. The lowest BCUT2D eigenvalue weighted by Crippen LogP contribution is -2.30. The predicted molar refractivity (Wildman–Crippen MR) is 101 cm³/mol. The van der Waals surface area contributed by atoms with Crippen LogP contribution < -0.4 is 10.0 Å². The van der Waals surface area contributed by atoms with E-state index in [0.717, 1.165) is 5.56 Å². The van der Waals surface area contributed by atoms with Crippen LogP contribution in [-0.2, 0) is 30.9 Å². The van der Waals surface area contributed by atoms with Crippen LogP contribution in [0.2, 0.25) is 5.02 Å². The normalized spacial score (nSPS) is 11.0. The van der Waals surface area contributed by atoms with E-state index in [0.29, 0.717) is 11.6 Å². The Morgan fingerprint density at radius 1 is 1.00 bits per heavy atom. The van der Waals surface area contributed by atoms with Gasteiger partial charge in [-0.2, -0.15) is 0 Å². The third-order valence-corrected chi connectivity index (χ3v) is 5.17. The molecule has 1 amide bonds. The first-order valence-electron chi connectivity index (χ1n) is 8.08. The van der Waals surface area contributed by atoms with E-state index in [1.54, 1.807) is 0 Å². The van der Waals surface area contributed by atoms with Gasteiger partial charge in [0.05, 0.1) is 11.3 Å². The predicted octanol–water partition coefficient (Wildman–Crippen LogP) is 1.87. The van der Waals surface area contributed by atoms with Gasteiger partial charge in [-0.05, 0) is 29.8 Å². The molecule has 2 aromatic rings. The summed E-state index contributed by atoms with van der Waals surface area (Å²) in [6, 6.07) is 14.9. The monoisotopic (exact) mass is 410 g/mol. The number of nitrogens with one attached hydrogen (secondary N) is 2. The van der Waals surface area contributed by atoms with Gasteiger partial charge in [-0.15, -0.1) is 0 Å². The Morgan fingerprint density at radius 3 is 2.33 bits per heavy atom. The fraction of sp³-hybridized carbons (Fsp3) is 0.222. The smallest absolute Gasteiger partial charge is 0.307 e. The van der Waals surface area contributed by atoms with Crippen LogP contribution in [0.3, 0.4) is 0 Å². The average Bonchev–Trinajstić information content (AvgIpc) is 2.66. The van der Waals surface area contributed by atoms with Crippen molar-refractivity contribution in [1.29, 1.82) is 0 Å². The highest BCUT2D eigenvalue weighted by atomic mass is 35.5. The number of carbonyl (C=O) groups is 2. The van der Waals surface area contributed by atoms with Gasteiger partial charge < -0.3 is 10.1 Å². The fourth-order valence-electron chi connectivity index (χ4n) is 2.05. The highest BCUT2D eigenvalue weighted by Gasteiger charge is 2.14. The van der Waals surface area contributed by atoms with Crippen molar-refractivity contribution < 1.29 is 22.7 Å². The van der Waals surface area contributed by atoms with Crippen molar-refractivity contribution in [2.75, 3.05) is 13.2 Å². The maximum atomic E-state index is 12.0. The minimum atomic E-state index is -3.74. The number of amides is 1. The molecule has 0 aromatic heterocycles. The van der Waals surface area contributed by atoms with E-state index in [9.17, 15) is 18.0 Å². The summed E-state index contributed by atoms with van der Waals surface area (Å²) >= 11 is 5.72. The molecule has 0 radical (unpaired) electrons. The molecule has 0 heterocycles. The number of ether oxygens (including phenoxy) is 1. The maximum absolute atomic E-state index is 12.0. The molecule has 2 rings (SSSR count). The molecule has 0 unspecified atom stereocenters. The van der Waals surface area contributed by atoms with Crippen molar-refractivity contribution in [1.82, 2.24) is 10.0 Å². The zero-order valence-corrected chi connectivity index (χ0v) is 15.9. The Kier molecular flexibility index (Phi) is 7.78. The molecule has 0 saturated carbocycles. The summed E-state index contributed by atoms with van der Waals surface area (Å²) in [7, 11) is -3.74. The van der Waals surface area contributed by atoms with Gasteiger partial charge in [0.1, 0.15) is 0 Å². The molecule has 0 aliphatic heterocycles. The molecule has 7 nitrogen and oxygen atoms in total. The topological polar surface area (TPSA) is 102 Å². The standard InChI is InChI=1S/C18H19ClN2O5S/c19-15-6-8-16(9-7-15)27(24,25)21-11-10-18(23)26-13-17(22)20-12-14-4-2-1-3-5-14/h1-9,21H,10-13H2,(H,20,22). The first-order chi connectivity index (χ1) is 12.9. The molecular formula is C18H19ClN2O5S. The van der Waals surface area contributed by atoms with Crippen LogP contribution in [0.1, 0.15) is 12.0 Å². The van der Waals surface area contributed by atoms with Crippen molar-refractivity contribution >= 4 is 33.5 Å². The lowest BCUT2D eigenvalue weighted by Gasteiger charge is -2.08. The molecule has 144 valence electrons. The molecule has 0 aliphatic rings. The van der Waals surface area contributed by atoms with Crippen molar-refractivity contribution in [3.05, 3.63) is 65.2 Å². The first kappa shape index (κ1) is 20.9. The lowest BCUT2D eigenvalue weighted by molar-refractivity contribution is -0.148. The maximum Gasteiger partial charge on any atom is 0.307 e. The highest BCUT2D eigenvalue weighted by Crippen LogP contribution is 2.13. The van der Waals surface area contributed by atoms with Crippen molar-refractivity contribution in [3.8, 4) is 0 Å². The minimum Gasteiger partial charge on any atom is -0.456 e. The van der Waals surface area contributed by atoms with E-state index in [1.165, 1.54) is 24.3 Å². The van der Waals surface area contributed by atoms with Gasteiger partial charge in [-0.25, -0.2) is 13.1 Å². The van der Waals surface area contributed by atoms with Gasteiger partial charge in [0.25, 0.3) is 5.91 Å². The molecule has 2 aromatic carbocycles. The number of esters is 1. The third-order valence-electron chi connectivity index (χ3n) is 3.44. The quantitative estimate of drug-likeness (QED) is 0.614. The number of sulfonamides is 1. The van der Waals surface area contributed by atoms with E-state index in [1.807, 2.05) is 30.3 Å². The molecule has 27 heavy (non-hydrogen) atoms. The second-order valence-electron chi connectivity index (χ2n) is 5.52. The highest BCUT2D eigenvalue weighted by molar-refractivity contribution is 7.89. The third kappa shape index (κ3) is 7.38. The van der Waals surface area contributed by atoms with Crippen LogP contribution in [-0.4, -0.2) is 33.4 Å². The molecular weight excluding hydrogens is 392 g/mol. The fourth-order valence-corrected chi connectivity index (χ4v) is 3.21. The number of rotatable bonds is 9. The molecule has 0 fully saturated rings. The van der Waals surface area contributed by atoms with Crippen molar-refractivity contribution in [2.24, 2.45) is 0 Å². The summed E-state index contributed by atoms with van der Waals surface area (Å²) in [5.41, 5.74) is 0.925. The Balaban J connectivity index is 1.67. The van der Waals surface area contributed by atoms with E-state index in [-0.39, 0.29) is 17.9 Å². The number of carbonyl (C=O) groups excluding carboxylic acids is 2. The SMILES string of the molecule is O=C(COC(=O)CCNS(=O)(=O)c1ccc(Cl)cc1)NCc1ccccc1. The van der Waals surface area contributed by atoms with Crippen LogP contribution in [0, 0.1) is 0 Å². The molecule has 0 saturated heterocycles. The van der Waals surface area contributed by atoms with Gasteiger partial charge in [0, 0.05) is 18.1 Å². The second-order valence-corrected chi connectivity index (χ2v) is 7.73. The van der Waals surface area contributed by atoms with Gasteiger partial charge in [-0.3, -0.25) is 9.59 Å². The summed E-state index contributed by atoms with van der Waals surface area (Å²) < 4.78 is 31.2. The van der Waals surface area contributed by atoms with Crippen LogP contribution in [0.25, 0.3) is 0 Å². The summed E-state index contributed by atoms with van der Waals surface area (Å²) in [5, 5.41) is 3.04. The van der Waals surface area contributed by atoms with Crippen molar-refractivity contribution in [2.45, 2.75) is 17.9 Å². The Morgan fingerprint density at radius 2 is 1.67 bits per heavy atom. The summed E-state index contributed by atoms with van der Waals surface area (Å²) in [6.07, 6.45) is -0.196. The van der Waals surface area contributed by atoms with Gasteiger partial charge in [-0.1, -0.05) is 41.9 Å². The zero-order valence-electron chi connectivity index (χ0n) is 14.4. The van der Waals surface area contributed by atoms with Crippen LogP contribution >= 0.6 is 11.6 Å². The largest absolute Gasteiger partial charge is 0.456 e. The molecule has 9 heteroatoms. The number of hydrogen-bond acceptors (Lipinski definition) is 5. The van der Waals surface area contributed by atoms with E-state index < -0.39 is 28.5 Å². The number of hydrogen-bond donors (Lipinski definition) is 2. The van der Waals surface area contributed by atoms with E-state index in [2.05, 4.69) is 10.0 Å². The lowest BCUT2D eigenvalue weighted by atomic mass is 10.2. The van der Waals surface area contributed by atoms with Crippen LogP contribution in [0.5, 0.6) is 0 Å². The zero-order chi connectivity index (χ0) is 19.7. The number of halogens is 1. The molecule has 0 spiro atoms. The number of benzene rings is 2. The van der Waals surface area contributed by atoms with Gasteiger partial charge >= 0.3 is 5.97 Å². The van der Waals surface area contributed by atoms with E-state index in [4.69, 9.17) is 16.3 Å². The first-order valence-corrected chi connectivity index (χ1v) is 9.94. The van der Waals surface area contributed by atoms with E-state index >= 15 is 0 Å². The molecule has 2 N–H and O–H groups in total. The molecule has 0 bridgehead atoms. The minimum absolute atomic E-state index is 0.0422. The summed E-state index contributed by atoms with van der Waals surface area (Å²) in [5.74, 6) is -1.11.